The van der Waals surface area contributed by atoms with Gasteiger partial charge in [-0.2, -0.15) is 4.80 Å². The van der Waals surface area contributed by atoms with Crippen LogP contribution in [0.5, 0.6) is 5.75 Å². The van der Waals surface area contributed by atoms with Crippen LogP contribution in [-0.2, 0) is 16.1 Å². The number of benzene rings is 2. The number of anilines is 1. The van der Waals surface area contributed by atoms with Gasteiger partial charge in [0.15, 0.2) is 0 Å². The van der Waals surface area contributed by atoms with E-state index in [-0.39, 0.29) is 24.4 Å². The molecule has 1 aliphatic carbocycles. The van der Waals surface area contributed by atoms with Crippen LogP contribution in [0, 0.1) is 0 Å². The molecular weight excluding hydrogens is 488 g/mol. The molecule has 0 spiro atoms. The van der Waals surface area contributed by atoms with Gasteiger partial charge < -0.3 is 10.1 Å². The van der Waals surface area contributed by atoms with Gasteiger partial charge in [-0.15, -0.1) is 21.5 Å². The minimum atomic E-state index is -0.805. The molecule has 190 valence electrons. The van der Waals surface area contributed by atoms with Crippen molar-refractivity contribution in [2.45, 2.75) is 44.3 Å². The van der Waals surface area contributed by atoms with Crippen molar-refractivity contribution in [3.05, 3.63) is 77.0 Å². The SMILES string of the molecule is COc1ccc(-c2nnn(CC(=O)N(c3ccccc3)C(C(=O)NC3CCCC3)c3cccs3)n2)cc1. The number of hydrogen-bond acceptors (Lipinski definition) is 7. The Morgan fingerprint density at radius 3 is 2.51 bits per heavy atom. The number of ether oxygens (including phenoxy) is 1. The largest absolute Gasteiger partial charge is 0.497 e. The quantitative estimate of drug-likeness (QED) is 0.357. The van der Waals surface area contributed by atoms with Gasteiger partial charge >= 0.3 is 0 Å². The van der Waals surface area contributed by atoms with E-state index in [9.17, 15) is 9.59 Å². The second-order valence-electron chi connectivity index (χ2n) is 8.88. The Bertz CT molecular complexity index is 1320. The van der Waals surface area contributed by atoms with Crippen LogP contribution in [0.4, 0.5) is 5.69 Å². The van der Waals surface area contributed by atoms with Gasteiger partial charge in [0.1, 0.15) is 18.3 Å². The maximum absolute atomic E-state index is 13.8. The van der Waals surface area contributed by atoms with E-state index in [1.165, 1.54) is 16.1 Å². The van der Waals surface area contributed by atoms with Crippen molar-refractivity contribution >= 4 is 28.8 Å². The van der Waals surface area contributed by atoms with Crippen molar-refractivity contribution in [1.82, 2.24) is 25.5 Å². The first-order chi connectivity index (χ1) is 18.1. The molecule has 0 saturated heterocycles. The van der Waals surface area contributed by atoms with Crippen LogP contribution >= 0.6 is 11.3 Å². The molecule has 10 heteroatoms. The molecule has 4 aromatic rings. The predicted octanol–water partition coefficient (Wildman–Crippen LogP) is 4.24. The molecule has 5 rings (SSSR count). The number of thiophene rings is 1. The molecule has 9 nitrogen and oxygen atoms in total. The third-order valence-corrected chi connectivity index (χ3v) is 7.33. The van der Waals surface area contributed by atoms with Gasteiger partial charge in [-0.25, -0.2) is 0 Å². The summed E-state index contributed by atoms with van der Waals surface area (Å²) < 4.78 is 5.20. The first-order valence-electron chi connectivity index (χ1n) is 12.3. The molecule has 1 N–H and O–H groups in total. The molecule has 1 aliphatic rings. The van der Waals surface area contributed by atoms with Crippen molar-refractivity contribution in [3.8, 4) is 17.1 Å². The average Bonchev–Trinajstić information content (AvgIpc) is 3.71. The van der Waals surface area contributed by atoms with Crippen LogP contribution in [0.1, 0.15) is 36.6 Å². The molecule has 1 fully saturated rings. The van der Waals surface area contributed by atoms with E-state index < -0.39 is 6.04 Å². The highest BCUT2D eigenvalue weighted by molar-refractivity contribution is 7.10. The summed E-state index contributed by atoms with van der Waals surface area (Å²) in [4.78, 5) is 31.1. The number of rotatable bonds is 9. The number of hydrogen-bond donors (Lipinski definition) is 1. The van der Waals surface area contributed by atoms with E-state index in [2.05, 4.69) is 20.7 Å². The molecule has 2 heterocycles. The highest BCUT2D eigenvalue weighted by atomic mass is 32.1. The molecule has 0 radical (unpaired) electrons. The summed E-state index contributed by atoms with van der Waals surface area (Å²) in [5.41, 5.74) is 1.38. The van der Waals surface area contributed by atoms with Crippen LogP contribution in [0.2, 0.25) is 0 Å². The first kappa shape index (κ1) is 24.6. The molecule has 2 aromatic carbocycles. The summed E-state index contributed by atoms with van der Waals surface area (Å²) in [5, 5.41) is 17.7. The van der Waals surface area contributed by atoms with Crippen LogP contribution < -0.4 is 15.0 Å². The Balaban J connectivity index is 1.43. The standard InChI is InChI=1S/C27H28N6O3S/c1-36-22-15-13-19(14-16-22)26-29-31-32(30-26)18-24(34)33(21-10-3-2-4-11-21)25(23-12-7-17-37-23)27(35)28-20-8-5-6-9-20/h2-4,7,10-17,20,25H,5-6,8-9,18H2,1H3,(H,28,35). The zero-order valence-electron chi connectivity index (χ0n) is 20.5. The molecular formula is C27H28N6O3S. The van der Waals surface area contributed by atoms with Crippen molar-refractivity contribution in [1.29, 1.82) is 0 Å². The highest BCUT2D eigenvalue weighted by Crippen LogP contribution is 2.32. The van der Waals surface area contributed by atoms with Gasteiger partial charge in [0.05, 0.1) is 7.11 Å². The fourth-order valence-corrected chi connectivity index (χ4v) is 5.37. The topological polar surface area (TPSA) is 102 Å². The maximum Gasteiger partial charge on any atom is 0.251 e. The summed E-state index contributed by atoms with van der Waals surface area (Å²) >= 11 is 1.45. The first-order valence-corrected chi connectivity index (χ1v) is 13.1. The van der Waals surface area contributed by atoms with E-state index in [1.54, 1.807) is 12.0 Å². The fraction of sp³-hybridized carbons (Fsp3) is 0.296. The lowest BCUT2D eigenvalue weighted by Crippen LogP contribution is -2.47. The summed E-state index contributed by atoms with van der Waals surface area (Å²) in [5.74, 6) is 0.623. The maximum atomic E-state index is 13.8. The van der Waals surface area contributed by atoms with E-state index in [4.69, 9.17) is 4.74 Å². The molecule has 2 aromatic heterocycles. The van der Waals surface area contributed by atoms with Crippen molar-refractivity contribution in [3.63, 3.8) is 0 Å². The number of aromatic nitrogens is 4. The summed E-state index contributed by atoms with van der Waals surface area (Å²) in [6.45, 7) is -0.170. The van der Waals surface area contributed by atoms with E-state index >= 15 is 0 Å². The Labute approximate surface area is 219 Å². The molecule has 0 bridgehead atoms. The number of amides is 2. The van der Waals surface area contributed by atoms with Gasteiger partial charge in [-0.05, 0) is 65.9 Å². The van der Waals surface area contributed by atoms with Crippen LogP contribution in [0.3, 0.4) is 0 Å². The van der Waals surface area contributed by atoms with E-state index in [1.807, 2.05) is 72.1 Å². The minimum absolute atomic E-state index is 0.131. The average molecular weight is 517 g/mol. The Morgan fingerprint density at radius 1 is 1.08 bits per heavy atom. The predicted molar refractivity (Wildman–Crippen MR) is 141 cm³/mol. The number of tetrazole rings is 1. The Kier molecular flexibility index (Phi) is 7.55. The van der Waals surface area contributed by atoms with Gasteiger partial charge in [0.2, 0.25) is 11.7 Å². The fourth-order valence-electron chi connectivity index (χ4n) is 4.56. The smallest absolute Gasteiger partial charge is 0.251 e. The molecule has 2 amide bonds. The summed E-state index contributed by atoms with van der Waals surface area (Å²) in [6.07, 6.45) is 4.12. The van der Waals surface area contributed by atoms with Crippen LogP contribution in [-0.4, -0.2) is 45.2 Å². The second kappa shape index (κ2) is 11.3. The normalized spacial score (nSPS) is 14.3. The monoisotopic (exact) mass is 516 g/mol. The Morgan fingerprint density at radius 2 is 1.84 bits per heavy atom. The zero-order chi connectivity index (χ0) is 25.6. The number of para-hydroxylation sites is 1. The lowest BCUT2D eigenvalue weighted by Gasteiger charge is -2.31. The zero-order valence-corrected chi connectivity index (χ0v) is 21.3. The van der Waals surface area contributed by atoms with Gasteiger partial charge in [0.25, 0.3) is 5.91 Å². The highest BCUT2D eigenvalue weighted by Gasteiger charge is 2.35. The third-order valence-electron chi connectivity index (χ3n) is 6.40. The van der Waals surface area contributed by atoms with Crippen LogP contribution in [0.15, 0.2) is 72.1 Å². The van der Waals surface area contributed by atoms with Gasteiger partial charge in [-0.3, -0.25) is 14.5 Å². The number of carbonyl (C=O) groups excluding carboxylic acids is 2. The van der Waals surface area contributed by atoms with E-state index in [0.29, 0.717) is 11.5 Å². The summed E-state index contributed by atoms with van der Waals surface area (Å²) in [6, 6.07) is 19.6. The molecule has 0 aliphatic heterocycles. The third kappa shape index (κ3) is 5.69. The number of methoxy groups -OCH3 is 1. The van der Waals surface area contributed by atoms with Gasteiger partial charge in [-0.1, -0.05) is 37.1 Å². The van der Waals surface area contributed by atoms with E-state index in [0.717, 1.165) is 41.9 Å². The minimum Gasteiger partial charge on any atom is -0.497 e. The second-order valence-corrected chi connectivity index (χ2v) is 9.86. The molecule has 1 unspecified atom stereocenters. The molecule has 1 atom stereocenters. The molecule has 37 heavy (non-hydrogen) atoms. The van der Waals surface area contributed by atoms with Crippen molar-refractivity contribution in [2.24, 2.45) is 0 Å². The lowest BCUT2D eigenvalue weighted by atomic mass is 10.1. The summed E-state index contributed by atoms with van der Waals surface area (Å²) in [7, 11) is 1.60. The lowest BCUT2D eigenvalue weighted by molar-refractivity contribution is -0.127. The molecule has 1 saturated carbocycles. The van der Waals surface area contributed by atoms with Crippen molar-refractivity contribution in [2.75, 3.05) is 12.0 Å². The number of carbonyl (C=O) groups is 2. The number of nitrogens with zero attached hydrogens (tertiary/aromatic N) is 5. The Hall–Kier alpha value is -4.05. The van der Waals surface area contributed by atoms with Gasteiger partial charge in [0, 0.05) is 22.2 Å². The number of nitrogens with one attached hydrogen (secondary N) is 1. The van der Waals surface area contributed by atoms with Crippen molar-refractivity contribution < 1.29 is 14.3 Å². The van der Waals surface area contributed by atoms with Crippen LogP contribution in [0.25, 0.3) is 11.4 Å².